The van der Waals surface area contributed by atoms with Gasteiger partial charge in [0.05, 0.1) is 34.8 Å². The van der Waals surface area contributed by atoms with Crippen LogP contribution in [0.15, 0.2) is 79.3 Å². The summed E-state index contributed by atoms with van der Waals surface area (Å²) in [5.74, 6) is 0.472. The molecule has 4 aromatic heterocycles. The molecule has 1 aliphatic carbocycles. The smallest absolute Gasteiger partial charge is 0.251 e. The van der Waals surface area contributed by atoms with Crippen molar-refractivity contribution in [3.8, 4) is 34.2 Å². The Bertz CT molecular complexity index is 2090. The van der Waals surface area contributed by atoms with Crippen LogP contribution in [0.2, 0.25) is 0 Å². The van der Waals surface area contributed by atoms with E-state index in [2.05, 4.69) is 26.3 Å². The van der Waals surface area contributed by atoms with Gasteiger partial charge in [0.1, 0.15) is 22.8 Å². The maximum absolute atomic E-state index is 13.0. The highest BCUT2D eigenvalue weighted by Gasteiger charge is 2.26. The molecule has 2 aromatic carbocycles. The Kier molecular flexibility index (Phi) is 6.54. The maximum Gasteiger partial charge on any atom is 0.251 e. The van der Waals surface area contributed by atoms with E-state index in [-0.39, 0.29) is 23.3 Å². The van der Waals surface area contributed by atoms with Gasteiger partial charge in [0, 0.05) is 23.6 Å². The van der Waals surface area contributed by atoms with E-state index in [1.54, 1.807) is 18.6 Å². The standard InChI is InChI=1S/C33H26N8O3/c1-18-15-37-28(16-36-18)26-9-10-27-32(38-26)41(31(39-27)24-3-2-12-35-30(24)34)22-6-7-23-19(14-22)4-8-25(23)40-33(44)20-5-11-29(43)21(13-20)17-42/h2-3,5-7,9-17,25,43H,4,8H2,1H3,(H2,34,35)(H,40,44)/t25-/m0/s1. The van der Waals surface area contributed by atoms with Crippen molar-refractivity contribution in [3.05, 3.63) is 107 Å². The molecule has 11 heteroatoms. The topological polar surface area (TPSA) is 162 Å². The van der Waals surface area contributed by atoms with Crippen LogP contribution in [-0.4, -0.2) is 46.8 Å². The zero-order valence-corrected chi connectivity index (χ0v) is 23.6. The number of anilines is 1. The molecule has 44 heavy (non-hydrogen) atoms. The number of aromatic nitrogens is 6. The van der Waals surface area contributed by atoms with Gasteiger partial charge in [-0.05, 0) is 85.5 Å². The van der Waals surface area contributed by atoms with Gasteiger partial charge in [0.25, 0.3) is 5.91 Å². The van der Waals surface area contributed by atoms with Gasteiger partial charge in [-0.15, -0.1) is 0 Å². The van der Waals surface area contributed by atoms with Crippen molar-refractivity contribution in [2.75, 3.05) is 5.73 Å². The minimum atomic E-state index is -0.319. The van der Waals surface area contributed by atoms with E-state index in [0.29, 0.717) is 58.0 Å². The third kappa shape index (κ3) is 4.70. The minimum absolute atomic E-state index is 0.0675. The van der Waals surface area contributed by atoms with E-state index in [1.165, 1.54) is 18.2 Å². The van der Waals surface area contributed by atoms with Crippen molar-refractivity contribution >= 4 is 29.2 Å². The fourth-order valence-electron chi connectivity index (χ4n) is 5.58. The molecule has 11 nitrogen and oxygen atoms in total. The van der Waals surface area contributed by atoms with Crippen molar-refractivity contribution in [2.45, 2.75) is 25.8 Å². The molecule has 0 spiro atoms. The summed E-state index contributed by atoms with van der Waals surface area (Å²) in [5.41, 5.74) is 13.7. The SMILES string of the molecule is Cc1cnc(-c2ccc3nc(-c4cccnc4N)n(-c4ccc5c(c4)CC[C@@H]5NC(=O)c4ccc(O)c(C=O)c4)c3n2)cn1. The van der Waals surface area contributed by atoms with Crippen molar-refractivity contribution < 1.29 is 14.7 Å². The van der Waals surface area contributed by atoms with Crippen molar-refractivity contribution in [3.63, 3.8) is 0 Å². The number of nitrogens with zero attached hydrogens (tertiary/aromatic N) is 6. The number of hydrogen-bond acceptors (Lipinski definition) is 9. The number of carbonyl (C=O) groups excluding carboxylic acids is 2. The number of aldehydes is 1. The Balaban J connectivity index is 1.29. The number of aryl methyl sites for hydroxylation is 2. The van der Waals surface area contributed by atoms with E-state index in [1.807, 2.05) is 47.9 Å². The second-order valence-electron chi connectivity index (χ2n) is 10.6. The third-order valence-electron chi connectivity index (χ3n) is 7.81. The molecular formula is C33H26N8O3. The summed E-state index contributed by atoms with van der Waals surface area (Å²) in [5, 5.41) is 12.9. The number of rotatable bonds is 6. The first-order chi connectivity index (χ1) is 21.4. The molecule has 0 unspecified atom stereocenters. The predicted molar refractivity (Wildman–Crippen MR) is 164 cm³/mol. The number of nitrogen functional groups attached to an aromatic ring is 1. The predicted octanol–water partition coefficient (Wildman–Crippen LogP) is 4.77. The van der Waals surface area contributed by atoms with Crippen LogP contribution in [0, 0.1) is 6.92 Å². The first kappa shape index (κ1) is 26.9. The molecule has 0 saturated heterocycles. The summed E-state index contributed by atoms with van der Waals surface area (Å²) < 4.78 is 1.97. The Morgan fingerprint density at radius 2 is 1.91 bits per heavy atom. The number of nitrogens with one attached hydrogen (secondary N) is 1. The number of pyridine rings is 2. The highest BCUT2D eigenvalue weighted by molar-refractivity contribution is 5.96. The largest absolute Gasteiger partial charge is 0.507 e. The molecule has 0 fully saturated rings. The summed E-state index contributed by atoms with van der Waals surface area (Å²) in [6.45, 7) is 1.88. The fourth-order valence-corrected chi connectivity index (χ4v) is 5.58. The fraction of sp³-hybridized carbons (Fsp3) is 0.121. The number of fused-ring (bicyclic) bond motifs is 2. The minimum Gasteiger partial charge on any atom is -0.507 e. The van der Waals surface area contributed by atoms with Gasteiger partial charge in [0.15, 0.2) is 17.8 Å². The number of benzene rings is 2. The summed E-state index contributed by atoms with van der Waals surface area (Å²) in [6, 6.07) is 17.6. The van der Waals surface area contributed by atoms with Crippen LogP contribution in [0.1, 0.15) is 50.0 Å². The average Bonchev–Trinajstić information content (AvgIpc) is 3.62. The Morgan fingerprint density at radius 3 is 2.70 bits per heavy atom. The van der Waals surface area contributed by atoms with Crippen LogP contribution in [0.5, 0.6) is 5.75 Å². The van der Waals surface area contributed by atoms with E-state index < -0.39 is 0 Å². The number of aromatic hydroxyl groups is 1. The van der Waals surface area contributed by atoms with E-state index >= 15 is 0 Å². The lowest BCUT2D eigenvalue weighted by Gasteiger charge is -2.16. The molecule has 6 aromatic rings. The second-order valence-corrected chi connectivity index (χ2v) is 10.6. The molecule has 0 radical (unpaired) electrons. The quantitative estimate of drug-likeness (QED) is 0.235. The molecule has 1 aliphatic rings. The van der Waals surface area contributed by atoms with Gasteiger partial charge in [-0.1, -0.05) is 6.07 Å². The molecule has 1 amide bonds. The van der Waals surface area contributed by atoms with Crippen molar-refractivity contribution in [1.82, 2.24) is 34.8 Å². The van der Waals surface area contributed by atoms with Gasteiger partial charge in [0.2, 0.25) is 0 Å². The highest BCUT2D eigenvalue weighted by Crippen LogP contribution is 2.36. The van der Waals surface area contributed by atoms with Gasteiger partial charge in [-0.3, -0.25) is 24.1 Å². The summed E-state index contributed by atoms with van der Waals surface area (Å²) in [4.78, 5) is 47.3. The Labute approximate surface area is 251 Å². The maximum atomic E-state index is 13.0. The average molecular weight is 583 g/mol. The molecule has 7 rings (SSSR count). The molecular weight excluding hydrogens is 556 g/mol. The summed E-state index contributed by atoms with van der Waals surface area (Å²) in [7, 11) is 0. The Morgan fingerprint density at radius 1 is 1.02 bits per heavy atom. The van der Waals surface area contributed by atoms with Crippen LogP contribution in [0.3, 0.4) is 0 Å². The van der Waals surface area contributed by atoms with Gasteiger partial charge < -0.3 is 16.2 Å². The van der Waals surface area contributed by atoms with Crippen LogP contribution in [0.25, 0.3) is 39.6 Å². The van der Waals surface area contributed by atoms with E-state index in [9.17, 15) is 14.7 Å². The first-order valence-electron chi connectivity index (χ1n) is 14.0. The first-order valence-corrected chi connectivity index (χ1v) is 14.0. The van der Waals surface area contributed by atoms with Crippen LogP contribution >= 0.6 is 0 Å². The lowest BCUT2D eigenvalue weighted by molar-refractivity contribution is 0.0936. The second kappa shape index (κ2) is 10.7. The molecule has 0 aliphatic heterocycles. The zero-order valence-electron chi connectivity index (χ0n) is 23.6. The Hall–Kier alpha value is -5.97. The normalized spacial score (nSPS) is 14.0. The van der Waals surface area contributed by atoms with Crippen LogP contribution in [0.4, 0.5) is 5.82 Å². The van der Waals surface area contributed by atoms with Crippen LogP contribution in [-0.2, 0) is 6.42 Å². The summed E-state index contributed by atoms with van der Waals surface area (Å²) >= 11 is 0. The number of imidazole rings is 1. The lowest BCUT2D eigenvalue weighted by Crippen LogP contribution is -2.27. The summed E-state index contributed by atoms with van der Waals surface area (Å²) in [6.07, 6.45) is 7.03. The number of nitrogens with two attached hydrogens (primary N) is 1. The van der Waals surface area contributed by atoms with E-state index in [4.69, 9.17) is 15.7 Å². The number of hydrogen-bond donors (Lipinski definition) is 3. The molecule has 4 N–H and O–H groups in total. The van der Waals surface area contributed by atoms with E-state index in [0.717, 1.165) is 28.9 Å². The van der Waals surface area contributed by atoms with Crippen molar-refractivity contribution in [2.24, 2.45) is 0 Å². The number of carbonyl (C=O) groups is 2. The zero-order chi connectivity index (χ0) is 30.4. The third-order valence-corrected chi connectivity index (χ3v) is 7.81. The lowest BCUT2D eigenvalue weighted by atomic mass is 10.1. The monoisotopic (exact) mass is 582 g/mol. The van der Waals surface area contributed by atoms with Gasteiger partial charge in [-0.25, -0.2) is 15.0 Å². The van der Waals surface area contributed by atoms with Crippen LogP contribution < -0.4 is 11.1 Å². The number of amides is 1. The molecule has 4 heterocycles. The number of phenolic OH excluding ortho intramolecular Hbond substituents is 1. The number of phenols is 1. The molecule has 216 valence electrons. The van der Waals surface area contributed by atoms with Gasteiger partial charge >= 0.3 is 0 Å². The molecule has 0 bridgehead atoms. The molecule has 1 atom stereocenters. The van der Waals surface area contributed by atoms with Gasteiger partial charge in [-0.2, -0.15) is 0 Å². The van der Waals surface area contributed by atoms with Crippen molar-refractivity contribution in [1.29, 1.82) is 0 Å². The highest BCUT2D eigenvalue weighted by atomic mass is 16.3. The molecule has 0 saturated carbocycles.